The van der Waals surface area contributed by atoms with E-state index >= 15 is 0 Å². The number of nitrogens with one attached hydrogen (secondary N) is 1. The summed E-state index contributed by atoms with van der Waals surface area (Å²) in [6.07, 6.45) is 1.70. The molecule has 1 heterocycles. The van der Waals surface area contributed by atoms with E-state index in [2.05, 4.69) is 5.32 Å². The molecular weight excluding hydrogens is 265 g/mol. The quantitative estimate of drug-likeness (QED) is 0.783. The number of halogens is 2. The Balaban J connectivity index is 2.11. The monoisotopic (exact) mass is 273 g/mol. The fourth-order valence-corrected chi connectivity index (χ4v) is 2.27. The minimum absolute atomic E-state index is 0.236. The Morgan fingerprint density at radius 3 is 2.79 bits per heavy atom. The Kier molecular flexibility index (Phi) is 2.84. The van der Waals surface area contributed by atoms with Crippen LogP contribution in [0.3, 0.4) is 0 Å². The Labute approximate surface area is 114 Å². The molecule has 0 saturated heterocycles. The van der Waals surface area contributed by atoms with Gasteiger partial charge < -0.3 is 5.32 Å². The number of rotatable bonds is 1. The van der Waals surface area contributed by atoms with Crippen molar-refractivity contribution in [1.29, 1.82) is 0 Å². The third kappa shape index (κ3) is 2.25. The fourth-order valence-electron chi connectivity index (χ4n) is 2.07. The summed E-state index contributed by atoms with van der Waals surface area (Å²) in [5, 5.41) is 3.29. The summed E-state index contributed by atoms with van der Waals surface area (Å²) in [5.74, 6) is -0.604. The van der Waals surface area contributed by atoms with Crippen molar-refractivity contribution in [3.63, 3.8) is 0 Å². The largest absolute Gasteiger partial charge is 0.321 e. The molecule has 0 unspecified atom stereocenters. The zero-order valence-electron chi connectivity index (χ0n) is 9.78. The van der Waals surface area contributed by atoms with Crippen LogP contribution in [0.1, 0.15) is 11.1 Å². The molecule has 2 aromatic carbocycles. The van der Waals surface area contributed by atoms with Crippen molar-refractivity contribution in [2.24, 2.45) is 0 Å². The highest BCUT2D eigenvalue weighted by Gasteiger charge is 2.24. The highest BCUT2D eigenvalue weighted by molar-refractivity contribution is 6.35. The van der Waals surface area contributed by atoms with Crippen molar-refractivity contribution in [3.05, 3.63) is 64.4 Å². The van der Waals surface area contributed by atoms with Crippen molar-refractivity contribution in [2.75, 3.05) is 5.32 Å². The molecule has 1 N–H and O–H groups in total. The van der Waals surface area contributed by atoms with Gasteiger partial charge in [0, 0.05) is 21.8 Å². The zero-order valence-corrected chi connectivity index (χ0v) is 10.5. The number of hydrogen-bond acceptors (Lipinski definition) is 1. The normalized spacial score (nSPS) is 15.5. The molecule has 1 amide bonds. The van der Waals surface area contributed by atoms with E-state index in [4.69, 9.17) is 11.6 Å². The SMILES string of the molecule is O=C1Nc2ccc(F)cc2C1=Cc1cccc(Cl)c1. The molecule has 0 saturated carbocycles. The number of amides is 1. The molecule has 1 aliphatic heterocycles. The van der Waals surface area contributed by atoms with Crippen molar-refractivity contribution >= 4 is 34.8 Å². The van der Waals surface area contributed by atoms with Gasteiger partial charge in [-0.15, -0.1) is 0 Å². The highest BCUT2D eigenvalue weighted by atomic mass is 35.5. The van der Waals surface area contributed by atoms with Crippen LogP contribution in [-0.2, 0) is 4.79 Å². The second-order valence-corrected chi connectivity index (χ2v) is 4.69. The van der Waals surface area contributed by atoms with Crippen LogP contribution < -0.4 is 5.32 Å². The van der Waals surface area contributed by atoms with Gasteiger partial charge in [-0.1, -0.05) is 23.7 Å². The lowest BCUT2D eigenvalue weighted by atomic mass is 10.0. The third-order valence-electron chi connectivity index (χ3n) is 2.92. The highest BCUT2D eigenvalue weighted by Crippen LogP contribution is 2.33. The molecule has 1 aliphatic rings. The molecule has 4 heteroatoms. The first-order chi connectivity index (χ1) is 9.13. The topological polar surface area (TPSA) is 29.1 Å². The van der Waals surface area contributed by atoms with Crippen molar-refractivity contribution in [1.82, 2.24) is 0 Å². The van der Waals surface area contributed by atoms with E-state index in [1.807, 2.05) is 6.07 Å². The zero-order chi connectivity index (χ0) is 13.4. The molecule has 2 aromatic rings. The summed E-state index contributed by atoms with van der Waals surface area (Å²) < 4.78 is 13.3. The van der Waals surface area contributed by atoms with Crippen LogP contribution in [0.25, 0.3) is 11.6 Å². The van der Waals surface area contributed by atoms with Gasteiger partial charge in [0.05, 0.1) is 0 Å². The molecule has 0 atom stereocenters. The second kappa shape index (κ2) is 4.52. The Morgan fingerprint density at radius 1 is 1.16 bits per heavy atom. The van der Waals surface area contributed by atoms with Crippen LogP contribution in [0.15, 0.2) is 42.5 Å². The number of anilines is 1. The Morgan fingerprint density at radius 2 is 2.00 bits per heavy atom. The van der Waals surface area contributed by atoms with E-state index in [0.717, 1.165) is 5.56 Å². The van der Waals surface area contributed by atoms with Crippen LogP contribution in [0.4, 0.5) is 10.1 Å². The van der Waals surface area contributed by atoms with E-state index in [-0.39, 0.29) is 11.7 Å². The number of carbonyl (C=O) groups excluding carboxylic acids is 1. The summed E-state index contributed by atoms with van der Waals surface area (Å²) in [5.41, 5.74) is 2.44. The van der Waals surface area contributed by atoms with E-state index in [9.17, 15) is 9.18 Å². The molecule has 0 fully saturated rings. The molecule has 0 radical (unpaired) electrons. The van der Waals surface area contributed by atoms with Crippen LogP contribution in [0.2, 0.25) is 5.02 Å². The predicted molar refractivity (Wildman–Crippen MR) is 74.4 cm³/mol. The van der Waals surface area contributed by atoms with Crippen LogP contribution in [-0.4, -0.2) is 5.91 Å². The summed E-state index contributed by atoms with van der Waals surface area (Å²) >= 11 is 5.90. The molecule has 94 valence electrons. The number of carbonyl (C=O) groups is 1. The summed E-state index contributed by atoms with van der Waals surface area (Å²) in [7, 11) is 0. The molecule has 0 aliphatic carbocycles. The second-order valence-electron chi connectivity index (χ2n) is 4.26. The lowest BCUT2D eigenvalue weighted by molar-refractivity contribution is -0.110. The van der Waals surface area contributed by atoms with E-state index in [0.29, 0.717) is 21.8 Å². The van der Waals surface area contributed by atoms with Crippen molar-refractivity contribution in [3.8, 4) is 0 Å². The maximum atomic E-state index is 13.3. The molecular formula is C15H9ClFNO. The minimum Gasteiger partial charge on any atom is -0.321 e. The van der Waals surface area contributed by atoms with Gasteiger partial charge in [-0.2, -0.15) is 0 Å². The average Bonchev–Trinajstić information content (AvgIpc) is 2.66. The molecule has 19 heavy (non-hydrogen) atoms. The minimum atomic E-state index is -0.368. The first kappa shape index (κ1) is 11.9. The first-order valence-corrected chi connectivity index (χ1v) is 6.10. The Bertz CT molecular complexity index is 709. The van der Waals surface area contributed by atoms with E-state index in [1.165, 1.54) is 12.1 Å². The average molecular weight is 274 g/mol. The summed E-state index contributed by atoms with van der Waals surface area (Å²) in [6, 6.07) is 11.4. The molecule has 3 rings (SSSR count). The van der Waals surface area contributed by atoms with Gasteiger partial charge in [0.2, 0.25) is 0 Å². The molecule has 2 nitrogen and oxygen atoms in total. The van der Waals surface area contributed by atoms with Crippen LogP contribution in [0, 0.1) is 5.82 Å². The Hall–Kier alpha value is -2.13. The van der Waals surface area contributed by atoms with Gasteiger partial charge in [-0.3, -0.25) is 4.79 Å². The summed E-state index contributed by atoms with van der Waals surface area (Å²) in [6.45, 7) is 0. The van der Waals surface area contributed by atoms with Crippen molar-refractivity contribution < 1.29 is 9.18 Å². The predicted octanol–water partition coefficient (Wildman–Crippen LogP) is 3.97. The lowest BCUT2D eigenvalue weighted by Crippen LogP contribution is -2.03. The van der Waals surface area contributed by atoms with Crippen LogP contribution >= 0.6 is 11.6 Å². The maximum Gasteiger partial charge on any atom is 0.256 e. The van der Waals surface area contributed by atoms with Crippen molar-refractivity contribution in [2.45, 2.75) is 0 Å². The number of fused-ring (bicyclic) bond motifs is 1. The molecule has 0 aromatic heterocycles. The maximum absolute atomic E-state index is 13.3. The number of benzene rings is 2. The van der Waals surface area contributed by atoms with Gasteiger partial charge in [0.15, 0.2) is 0 Å². The van der Waals surface area contributed by atoms with Gasteiger partial charge in [-0.05, 0) is 42.0 Å². The smallest absolute Gasteiger partial charge is 0.256 e. The lowest BCUT2D eigenvalue weighted by Gasteiger charge is -1.99. The van der Waals surface area contributed by atoms with E-state index < -0.39 is 0 Å². The fraction of sp³-hybridized carbons (Fsp3) is 0. The third-order valence-corrected chi connectivity index (χ3v) is 3.16. The van der Waals surface area contributed by atoms with Gasteiger partial charge in [0.1, 0.15) is 5.82 Å². The van der Waals surface area contributed by atoms with Gasteiger partial charge >= 0.3 is 0 Å². The summed E-state index contributed by atoms with van der Waals surface area (Å²) in [4.78, 5) is 11.9. The van der Waals surface area contributed by atoms with E-state index in [1.54, 1.807) is 30.3 Å². The van der Waals surface area contributed by atoms with Gasteiger partial charge in [0.25, 0.3) is 5.91 Å². The number of hydrogen-bond donors (Lipinski definition) is 1. The molecule has 0 spiro atoms. The standard InChI is InChI=1S/C15H9ClFNO/c16-10-3-1-2-9(6-10)7-13-12-8-11(17)4-5-14(12)18-15(13)19/h1-8H,(H,18,19). The van der Waals surface area contributed by atoms with Gasteiger partial charge in [-0.25, -0.2) is 4.39 Å². The molecule has 0 bridgehead atoms. The van der Waals surface area contributed by atoms with Crippen LogP contribution in [0.5, 0.6) is 0 Å². The first-order valence-electron chi connectivity index (χ1n) is 5.72.